The van der Waals surface area contributed by atoms with Crippen molar-refractivity contribution in [2.75, 3.05) is 32.7 Å². The average molecular weight is 1730 g/mol. The highest BCUT2D eigenvalue weighted by Crippen LogP contribution is 2.38. The number of benzene rings is 8. The lowest BCUT2D eigenvalue weighted by Gasteiger charge is -2.23. The highest BCUT2D eigenvalue weighted by atomic mass is 35.5. The standard InChI is InChI=1S/C24H22F3N5O.C24H22N6O.C23H17ClFN5O.C23H18ClN5O.CH4/c1-13-6-4-9-17(10-13)32-19(11-16-8-5-7-14(2)20(16)22(32)33)15(3)30-21-18(24(25,26)27)12-29-23(28)31-21;1-14-7-5-10-18(11-14)30-20(12-17-9-6-8-15(2)21(17)23(30)31)16(3)28-22-19(26-4)13-27-24(25)29-22;1-13(28-22-19(26-3)12-27-14(2)29-22)20-10-15-6-4-9-18(24)21(15)23(31)30(20)17-8-5-7-16(25)11-17;1-14(27-22-19(25-3)13-26-15(2)28-22)20-12-16-8-7-11-18(24)21(16)23(30)29(20)17-9-5-4-6-10-17;/h4-12,15H,1-3H3,(H3,28,29,30,31);5-13,16H,1-3H3,(H3,25,27,28,29);4-13H,1-2H3,(H,27,28,29);4-14H,1-2H3,(H,26,27,28);1H4/t15-;16-;13-;14-;/m0000./s1. The number of aryl methyl sites for hydroxylation is 6. The smallest absolute Gasteiger partial charge is 0.371 e. The molecule has 126 heavy (non-hydrogen) atoms. The molecule has 4 atom stereocenters. The van der Waals surface area contributed by atoms with E-state index in [2.05, 4.69) is 75.7 Å². The van der Waals surface area contributed by atoms with Crippen LogP contribution in [0.1, 0.15) is 122 Å². The lowest BCUT2D eigenvalue weighted by molar-refractivity contribution is -0.137. The minimum absolute atomic E-state index is 0. The van der Waals surface area contributed by atoms with Crippen LogP contribution in [0.3, 0.4) is 0 Å². The van der Waals surface area contributed by atoms with Crippen LogP contribution in [0.25, 0.3) is 80.4 Å². The van der Waals surface area contributed by atoms with Gasteiger partial charge in [-0.15, -0.1) is 0 Å². The Kier molecular flexibility index (Phi) is 27.3. The van der Waals surface area contributed by atoms with Gasteiger partial charge in [0, 0.05) is 64.6 Å². The van der Waals surface area contributed by atoms with E-state index in [0.717, 1.165) is 55.8 Å². The summed E-state index contributed by atoms with van der Waals surface area (Å²) in [5, 5.41) is 18.3. The van der Waals surface area contributed by atoms with E-state index >= 15 is 0 Å². The zero-order chi connectivity index (χ0) is 89.4. The van der Waals surface area contributed by atoms with Crippen LogP contribution in [-0.4, -0.2) is 58.1 Å². The summed E-state index contributed by atoms with van der Waals surface area (Å²) in [5.74, 6) is 1.07. The highest BCUT2D eigenvalue weighted by Gasteiger charge is 2.36. The van der Waals surface area contributed by atoms with E-state index in [1.54, 1.807) is 72.4 Å². The number of halogens is 6. The average Bonchev–Trinajstić information content (AvgIpc) is 0.771. The first-order chi connectivity index (χ1) is 59.8. The molecule has 16 aromatic rings. The van der Waals surface area contributed by atoms with Gasteiger partial charge < -0.3 is 32.7 Å². The Hall–Kier alpha value is -15.5. The van der Waals surface area contributed by atoms with Crippen LogP contribution in [0, 0.1) is 67.1 Å². The number of nitrogens with zero attached hydrogens (tertiary/aromatic N) is 15. The number of hydrogen-bond donors (Lipinski definition) is 6. The summed E-state index contributed by atoms with van der Waals surface area (Å²) in [4.78, 5) is 96.8. The predicted octanol–water partition coefficient (Wildman–Crippen LogP) is 21.6. The van der Waals surface area contributed by atoms with E-state index in [9.17, 15) is 36.7 Å². The van der Waals surface area contributed by atoms with Gasteiger partial charge in [-0.25, -0.2) is 43.8 Å². The molecule has 0 bridgehead atoms. The second-order valence-corrected chi connectivity index (χ2v) is 30.2. The molecular weight excluding hydrogens is 1650 g/mol. The maximum atomic E-state index is 14.0. The van der Waals surface area contributed by atoms with Crippen molar-refractivity contribution in [2.24, 2.45) is 0 Å². The quantitative estimate of drug-likeness (QED) is 0.0387. The first kappa shape index (κ1) is 89.7. The molecule has 0 saturated carbocycles. The lowest BCUT2D eigenvalue weighted by atomic mass is 10.0. The maximum absolute atomic E-state index is 14.0. The molecule has 25 nitrogen and oxygen atoms in total. The number of aromatic nitrogens is 12. The third-order valence-corrected chi connectivity index (χ3v) is 21.1. The number of anilines is 6. The number of para-hydroxylation sites is 1. The van der Waals surface area contributed by atoms with Crippen molar-refractivity contribution < 1.29 is 17.6 Å². The fourth-order valence-electron chi connectivity index (χ4n) is 14.6. The molecule has 0 fully saturated rings. The number of hydrogen-bond acceptors (Lipinski definition) is 18. The van der Waals surface area contributed by atoms with Crippen molar-refractivity contribution in [3.05, 3.63) is 379 Å². The first-order valence-corrected chi connectivity index (χ1v) is 39.7. The molecule has 16 rings (SSSR count). The van der Waals surface area contributed by atoms with Crippen LogP contribution >= 0.6 is 23.2 Å². The van der Waals surface area contributed by atoms with Gasteiger partial charge >= 0.3 is 6.18 Å². The summed E-state index contributed by atoms with van der Waals surface area (Å²) < 4.78 is 60.9. The van der Waals surface area contributed by atoms with Gasteiger partial charge in [-0.2, -0.15) is 18.2 Å². The van der Waals surface area contributed by atoms with Crippen LogP contribution in [0.4, 0.5) is 69.8 Å². The fraction of sp³-hybridized carbons (Fsp3) is 0.168. The third-order valence-electron chi connectivity index (χ3n) is 20.4. The van der Waals surface area contributed by atoms with Gasteiger partial charge in [0.05, 0.1) is 81.2 Å². The number of rotatable bonds is 16. The molecule has 8 aromatic carbocycles. The van der Waals surface area contributed by atoms with E-state index in [-0.39, 0.29) is 65.0 Å². The zero-order valence-electron chi connectivity index (χ0n) is 68.9. The summed E-state index contributed by atoms with van der Waals surface area (Å²) in [6, 6.07) is 58.1. The van der Waals surface area contributed by atoms with E-state index in [1.807, 2.05) is 194 Å². The van der Waals surface area contributed by atoms with Crippen molar-refractivity contribution >= 4 is 119 Å². The van der Waals surface area contributed by atoms with Gasteiger partial charge in [-0.1, -0.05) is 140 Å². The number of fused-ring (bicyclic) bond motifs is 4. The fourth-order valence-corrected chi connectivity index (χ4v) is 15.1. The molecule has 0 amide bonds. The minimum atomic E-state index is -4.67. The lowest BCUT2D eigenvalue weighted by Crippen LogP contribution is -2.26. The van der Waals surface area contributed by atoms with E-state index in [1.165, 1.54) is 39.9 Å². The predicted molar refractivity (Wildman–Crippen MR) is 492 cm³/mol. The zero-order valence-corrected chi connectivity index (χ0v) is 70.4. The molecule has 0 radical (unpaired) electrons. The van der Waals surface area contributed by atoms with Gasteiger partial charge in [-0.05, 0) is 204 Å². The van der Waals surface area contributed by atoms with Gasteiger partial charge in [0.15, 0.2) is 0 Å². The van der Waals surface area contributed by atoms with Crippen molar-refractivity contribution in [2.45, 2.75) is 107 Å². The van der Waals surface area contributed by atoms with Crippen LogP contribution in [0.15, 0.2) is 244 Å². The van der Waals surface area contributed by atoms with Crippen molar-refractivity contribution in [1.29, 1.82) is 0 Å². The molecule has 8 aromatic heterocycles. The maximum Gasteiger partial charge on any atom is 0.421 e. The first-order valence-electron chi connectivity index (χ1n) is 39.0. The molecule has 0 spiro atoms. The molecule has 31 heteroatoms. The molecule has 0 aliphatic heterocycles. The number of alkyl halides is 3. The summed E-state index contributed by atoms with van der Waals surface area (Å²) in [6.45, 7) is 40.7. The third kappa shape index (κ3) is 19.4. The number of nitrogens with two attached hydrogens (primary N) is 2. The Morgan fingerprint density at radius 1 is 0.381 bits per heavy atom. The Balaban J connectivity index is 0.000000152. The summed E-state index contributed by atoms with van der Waals surface area (Å²) in [5.41, 5.74) is 19.0. The normalized spacial score (nSPS) is 11.9. The van der Waals surface area contributed by atoms with Gasteiger partial charge in [0.2, 0.25) is 29.0 Å². The van der Waals surface area contributed by atoms with Crippen molar-refractivity contribution in [3.8, 4) is 22.7 Å². The van der Waals surface area contributed by atoms with E-state index < -0.39 is 35.5 Å². The molecule has 0 aliphatic rings. The monoisotopic (exact) mass is 1730 g/mol. The molecule has 8 N–H and O–H groups in total. The van der Waals surface area contributed by atoms with Crippen LogP contribution < -0.4 is 55.0 Å². The Morgan fingerprint density at radius 2 is 0.698 bits per heavy atom. The Labute approximate surface area is 731 Å². The highest BCUT2D eigenvalue weighted by molar-refractivity contribution is 6.36. The van der Waals surface area contributed by atoms with E-state index in [0.29, 0.717) is 106 Å². The Bertz CT molecular complexity index is 7070. The summed E-state index contributed by atoms with van der Waals surface area (Å²) in [7, 11) is 0. The van der Waals surface area contributed by atoms with E-state index in [4.69, 9.17) is 54.4 Å². The molecule has 0 saturated heterocycles. The summed E-state index contributed by atoms with van der Waals surface area (Å²) in [6.07, 6.45) is 0.308. The number of nitrogens with one attached hydrogen (secondary N) is 4. The molecular formula is C95H83Cl2F4N21O4. The van der Waals surface area contributed by atoms with Crippen LogP contribution in [0.5, 0.6) is 0 Å². The van der Waals surface area contributed by atoms with Crippen molar-refractivity contribution in [1.82, 2.24) is 58.1 Å². The second-order valence-electron chi connectivity index (χ2n) is 29.4. The SMILES string of the molecule is C.Cc1cccc(-n2c([C@H](C)Nc3nc(N)ncc3C(F)(F)F)cc3cccc(C)c3c2=O)c1.[C-]#[N+]c1cnc(C)nc1N[C@@H](C)c1cc2cccc(Cl)c2c(=O)n1-c1cccc(F)c1.[C-]#[N+]c1cnc(C)nc1N[C@@H](C)c1cc2cccc(Cl)c2c(=O)n1-c1ccccc1.[C-]#[N+]c1cnc(N)nc1N[C@@H](C)c1cc2cccc(C)c2c(=O)n1-c1cccc(C)c1. The summed E-state index contributed by atoms with van der Waals surface area (Å²) >= 11 is 12.7. The largest absolute Gasteiger partial charge is 0.421 e. The van der Waals surface area contributed by atoms with Crippen LogP contribution in [-0.2, 0) is 6.18 Å². The number of pyridine rings is 4. The minimum Gasteiger partial charge on any atom is -0.371 e. The van der Waals surface area contributed by atoms with Gasteiger partial charge in [-0.3, -0.25) is 47.4 Å². The number of nitrogen functional groups attached to an aromatic ring is 2. The molecule has 0 unspecified atom stereocenters. The molecule has 634 valence electrons. The molecule has 8 heterocycles. The Morgan fingerprint density at radius 3 is 1.09 bits per heavy atom. The second kappa shape index (κ2) is 38.3. The molecule has 0 aliphatic carbocycles. The van der Waals surface area contributed by atoms with Crippen LogP contribution in [0.2, 0.25) is 10.0 Å². The van der Waals surface area contributed by atoms with Gasteiger partial charge in [0.25, 0.3) is 22.2 Å². The van der Waals surface area contributed by atoms with Crippen molar-refractivity contribution in [3.63, 3.8) is 0 Å². The topological polar surface area (TPSA) is 304 Å². The van der Waals surface area contributed by atoms with Gasteiger partial charge in [0.1, 0.15) is 46.3 Å².